The van der Waals surface area contributed by atoms with E-state index >= 15 is 0 Å². The molecule has 0 aliphatic carbocycles. The zero-order valence-electron chi connectivity index (χ0n) is 9.24. The van der Waals surface area contributed by atoms with Crippen molar-refractivity contribution in [3.8, 4) is 11.4 Å². The lowest BCUT2D eigenvalue weighted by Crippen LogP contribution is -2.05. The average Bonchev–Trinajstić information content (AvgIpc) is 2.64. The van der Waals surface area contributed by atoms with Gasteiger partial charge in [0.25, 0.3) is 0 Å². The minimum Gasteiger partial charge on any atom is -0.324 e. The molecule has 5 heteroatoms. The predicted octanol–water partition coefficient (Wildman–Crippen LogP) is 1.90. The van der Waals surface area contributed by atoms with Crippen LogP contribution in [0.15, 0.2) is 18.2 Å². The highest BCUT2D eigenvalue weighted by atomic mass is 35.5. The van der Waals surface area contributed by atoms with Crippen LogP contribution in [0.5, 0.6) is 0 Å². The van der Waals surface area contributed by atoms with E-state index in [1.54, 1.807) is 0 Å². The van der Waals surface area contributed by atoms with E-state index in [9.17, 15) is 0 Å². The molecule has 1 aromatic carbocycles. The molecule has 0 unspecified atom stereocenters. The third kappa shape index (κ3) is 1.81. The fraction of sp³-hybridized carbons (Fsp3) is 0.273. The number of nitrogens with zero attached hydrogens (tertiary/aromatic N) is 3. The number of aryl methyl sites for hydroxylation is 1. The summed E-state index contributed by atoms with van der Waals surface area (Å²) >= 11 is 5.98. The van der Waals surface area contributed by atoms with Crippen molar-refractivity contribution in [3.05, 3.63) is 34.6 Å². The maximum absolute atomic E-state index is 5.98. The van der Waals surface area contributed by atoms with Crippen molar-refractivity contribution >= 4 is 11.6 Å². The molecule has 4 nitrogen and oxygen atoms in total. The Morgan fingerprint density at radius 3 is 2.69 bits per heavy atom. The van der Waals surface area contributed by atoms with Crippen LogP contribution in [0.2, 0.25) is 5.02 Å². The Labute approximate surface area is 99.1 Å². The van der Waals surface area contributed by atoms with Gasteiger partial charge in [0.2, 0.25) is 0 Å². The van der Waals surface area contributed by atoms with Gasteiger partial charge in [0.1, 0.15) is 5.82 Å². The zero-order valence-corrected chi connectivity index (χ0v) is 9.99. The van der Waals surface area contributed by atoms with Gasteiger partial charge in [0.05, 0.1) is 6.54 Å². The molecule has 1 heterocycles. The SMILES string of the molecule is Cc1cc(-c2nnc(CN)n2C)ccc1Cl. The van der Waals surface area contributed by atoms with Crippen molar-refractivity contribution < 1.29 is 0 Å². The number of halogens is 1. The molecule has 2 N–H and O–H groups in total. The van der Waals surface area contributed by atoms with E-state index in [1.807, 2.05) is 36.7 Å². The summed E-state index contributed by atoms with van der Waals surface area (Å²) in [4.78, 5) is 0. The molecule has 16 heavy (non-hydrogen) atoms. The van der Waals surface area contributed by atoms with Crippen molar-refractivity contribution in [1.82, 2.24) is 14.8 Å². The van der Waals surface area contributed by atoms with Gasteiger partial charge in [-0.3, -0.25) is 0 Å². The highest BCUT2D eigenvalue weighted by molar-refractivity contribution is 6.31. The van der Waals surface area contributed by atoms with Gasteiger partial charge >= 0.3 is 0 Å². The van der Waals surface area contributed by atoms with Crippen molar-refractivity contribution in [1.29, 1.82) is 0 Å². The van der Waals surface area contributed by atoms with Crippen LogP contribution in [-0.4, -0.2) is 14.8 Å². The Bertz CT molecular complexity index is 519. The van der Waals surface area contributed by atoms with E-state index in [0.717, 1.165) is 27.8 Å². The van der Waals surface area contributed by atoms with E-state index in [1.165, 1.54) is 0 Å². The molecule has 0 saturated carbocycles. The van der Waals surface area contributed by atoms with E-state index in [4.69, 9.17) is 17.3 Å². The Morgan fingerprint density at radius 2 is 2.12 bits per heavy atom. The molecule has 2 rings (SSSR count). The summed E-state index contributed by atoms with van der Waals surface area (Å²) in [6.07, 6.45) is 0. The van der Waals surface area contributed by atoms with Crippen LogP contribution in [0.3, 0.4) is 0 Å². The van der Waals surface area contributed by atoms with Gasteiger partial charge in [-0.25, -0.2) is 0 Å². The van der Waals surface area contributed by atoms with Gasteiger partial charge in [-0.2, -0.15) is 0 Å². The lowest BCUT2D eigenvalue weighted by Gasteiger charge is -2.04. The van der Waals surface area contributed by atoms with E-state index in [0.29, 0.717) is 6.54 Å². The minimum absolute atomic E-state index is 0.385. The van der Waals surface area contributed by atoms with E-state index in [2.05, 4.69) is 10.2 Å². The summed E-state index contributed by atoms with van der Waals surface area (Å²) in [6.45, 7) is 2.35. The standard InChI is InChI=1S/C11H13ClN4/c1-7-5-8(3-4-9(7)12)11-15-14-10(6-13)16(11)2/h3-5H,6,13H2,1-2H3. The monoisotopic (exact) mass is 236 g/mol. The maximum Gasteiger partial charge on any atom is 0.163 e. The van der Waals surface area contributed by atoms with E-state index < -0.39 is 0 Å². The van der Waals surface area contributed by atoms with Gasteiger partial charge in [0, 0.05) is 17.6 Å². The van der Waals surface area contributed by atoms with Crippen molar-refractivity contribution in [3.63, 3.8) is 0 Å². The van der Waals surface area contributed by atoms with Gasteiger partial charge < -0.3 is 10.3 Å². The van der Waals surface area contributed by atoms with Crippen LogP contribution in [-0.2, 0) is 13.6 Å². The Kier molecular flexibility index (Phi) is 2.94. The number of aromatic nitrogens is 3. The second-order valence-corrected chi connectivity index (χ2v) is 4.07. The van der Waals surface area contributed by atoms with Crippen LogP contribution in [0.1, 0.15) is 11.4 Å². The summed E-state index contributed by atoms with van der Waals surface area (Å²) in [7, 11) is 1.90. The first-order valence-electron chi connectivity index (χ1n) is 4.98. The topological polar surface area (TPSA) is 56.7 Å². The molecular weight excluding hydrogens is 224 g/mol. The molecule has 0 spiro atoms. The van der Waals surface area contributed by atoms with Crippen LogP contribution in [0, 0.1) is 6.92 Å². The summed E-state index contributed by atoms with van der Waals surface area (Å²) in [5.74, 6) is 1.57. The Morgan fingerprint density at radius 1 is 1.38 bits per heavy atom. The normalized spacial score (nSPS) is 10.8. The zero-order chi connectivity index (χ0) is 11.7. The first kappa shape index (κ1) is 11.1. The number of nitrogens with two attached hydrogens (primary N) is 1. The van der Waals surface area contributed by atoms with Crippen LogP contribution < -0.4 is 5.73 Å². The quantitative estimate of drug-likeness (QED) is 0.867. The van der Waals surface area contributed by atoms with Crippen LogP contribution >= 0.6 is 11.6 Å². The third-order valence-corrected chi connectivity index (χ3v) is 2.99. The lowest BCUT2D eigenvalue weighted by atomic mass is 10.1. The second-order valence-electron chi connectivity index (χ2n) is 3.67. The first-order chi connectivity index (χ1) is 7.63. The van der Waals surface area contributed by atoms with Crippen LogP contribution in [0.25, 0.3) is 11.4 Å². The molecule has 1 aromatic heterocycles. The molecular formula is C11H13ClN4. The number of benzene rings is 1. The summed E-state index contributed by atoms with van der Waals surface area (Å²) < 4.78 is 1.89. The predicted molar refractivity (Wildman–Crippen MR) is 64.1 cm³/mol. The van der Waals surface area contributed by atoms with Crippen molar-refractivity contribution in [2.75, 3.05) is 0 Å². The number of hydrogen-bond donors (Lipinski definition) is 1. The fourth-order valence-corrected chi connectivity index (χ4v) is 1.69. The van der Waals surface area contributed by atoms with Crippen molar-refractivity contribution in [2.45, 2.75) is 13.5 Å². The minimum atomic E-state index is 0.385. The second kappa shape index (κ2) is 4.23. The van der Waals surface area contributed by atoms with Crippen molar-refractivity contribution in [2.24, 2.45) is 12.8 Å². The molecule has 0 atom stereocenters. The molecule has 0 aliphatic heterocycles. The molecule has 0 radical (unpaired) electrons. The summed E-state index contributed by atoms with van der Waals surface area (Å²) in [6, 6.07) is 5.79. The molecule has 0 bridgehead atoms. The van der Waals surface area contributed by atoms with Gasteiger partial charge in [0.15, 0.2) is 5.82 Å². The smallest absolute Gasteiger partial charge is 0.163 e. The lowest BCUT2D eigenvalue weighted by molar-refractivity contribution is 0.797. The number of rotatable bonds is 2. The third-order valence-electron chi connectivity index (χ3n) is 2.56. The molecule has 2 aromatic rings. The van der Waals surface area contributed by atoms with Gasteiger partial charge in [-0.1, -0.05) is 11.6 Å². The average molecular weight is 237 g/mol. The summed E-state index contributed by atoms with van der Waals surface area (Å²) in [5.41, 5.74) is 7.57. The first-order valence-corrected chi connectivity index (χ1v) is 5.36. The molecule has 84 valence electrons. The largest absolute Gasteiger partial charge is 0.324 e. The van der Waals surface area contributed by atoms with Gasteiger partial charge in [-0.15, -0.1) is 10.2 Å². The Balaban J connectivity index is 2.50. The summed E-state index contributed by atoms with van der Waals surface area (Å²) in [5, 5.41) is 8.89. The van der Waals surface area contributed by atoms with Gasteiger partial charge in [-0.05, 0) is 30.7 Å². The van der Waals surface area contributed by atoms with E-state index in [-0.39, 0.29) is 0 Å². The maximum atomic E-state index is 5.98. The number of hydrogen-bond acceptors (Lipinski definition) is 3. The highest BCUT2D eigenvalue weighted by Crippen LogP contribution is 2.23. The molecule has 0 saturated heterocycles. The molecule has 0 aliphatic rings. The molecule has 0 fully saturated rings. The highest BCUT2D eigenvalue weighted by Gasteiger charge is 2.10. The van der Waals surface area contributed by atoms with Crippen LogP contribution in [0.4, 0.5) is 0 Å². The fourth-order valence-electron chi connectivity index (χ4n) is 1.57. The Hall–Kier alpha value is -1.39. The molecule has 0 amide bonds.